The fraction of sp³-hybridized carbons (Fsp3) is 0.0909. The second kappa shape index (κ2) is 4.73. The number of nitrogens with zero attached hydrogens (tertiary/aromatic N) is 2. The van der Waals surface area contributed by atoms with Crippen LogP contribution in [0.1, 0.15) is 9.88 Å². The van der Waals surface area contributed by atoms with Gasteiger partial charge in [0.2, 0.25) is 0 Å². The Bertz CT molecular complexity index is 533. The van der Waals surface area contributed by atoms with E-state index in [1.165, 1.54) is 23.6 Å². The monoisotopic (exact) mass is 234 g/mol. The molecule has 1 aromatic heterocycles. The largest absolute Gasteiger partial charge is 0.483 e. The normalized spacial score (nSPS) is 9.75. The molecule has 2 aromatic rings. The van der Waals surface area contributed by atoms with Crippen LogP contribution in [0.25, 0.3) is 0 Å². The van der Waals surface area contributed by atoms with Crippen LogP contribution < -0.4 is 4.74 Å². The first-order valence-electron chi connectivity index (χ1n) is 4.52. The lowest BCUT2D eigenvalue weighted by Crippen LogP contribution is -1.96. The summed E-state index contributed by atoms with van der Waals surface area (Å²) in [5.41, 5.74) is 0. The molecule has 0 saturated heterocycles. The Kier molecular flexibility index (Phi) is 3.13. The summed E-state index contributed by atoms with van der Waals surface area (Å²) < 4.78 is 18.4. The van der Waals surface area contributed by atoms with Gasteiger partial charge in [-0.15, -0.1) is 11.3 Å². The van der Waals surface area contributed by atoms with E-state index in [2.05, 4.69) is 4.98 Å². The molecule has 0 aliphatic rings. The van der Waals surface area contributed by atoms with Gasteiger partial charge in [0.1, 0.15) is 22.6 Å². The summed E-state index contributed by atoms with van der Waals surface area (Å²) in [6.45, 7) is 0.174. The number of para-hydroxylation sites is 1. The minimum Gasteiger partial charge on any atom is -0.483 e. The molecule has 3 nitrogen and oxygen atoms in total. The fourth-order valence-electron chi connectivity index (χ4n) is 1.13. The summed E-state index contributed by atoms with van der Waals surface area (Å²) in [5, 5.41) is 9.25. The van der Waals surface area contributed by atoms with E-state index in [0.717, 1.165) is 0 Å². The lowest BCUT2D eigenvalue weighted by Gasteiger charge is -2.03. The lowest BCUT2D eigenvalue weighted by molar-refractivity contribution is 0.290. The molecular weight excluding hydrogens is 227 g/mol. The fourth-order valence-corrected chi connectivity index (χ4v) is 1.76. The molecule has 0 radical (unpaired) electrons. The standard InChI is InChI=1S/C11H7FN2OS/c12-9-3-1-2-4-10(9)15-7-11-14-6-8(5-13)16-11/h1-4,6H,7H2. The van der Waals surface area contributed by atoms with E-state index in [1.807, 2.05) is 6.07 Å². The maximum absolute atomic E-state index is 13.2. The van der Waals surface area contributed by atoms with Gasteiger partial charge in [-0.3, -0.25) is 0 Å². The van der Waals surface area contributed by atoms with Crippen LogP contribution in [-0.2, 0) is 6.61 Å². The van der Waals surface area contributed by atoms with Crippen LogP contribution in [0.5, 0.6) is 5.75 Å². The van der Waals surface area contributed by atoms with Crippen molar-refractivity contribution in [3.8, 4) is 11.8 Å². The van der Waals surface area contributed by atoms with E-state index in [0.29, 0.717) is 9.88 Å². The van der Waals surface area contributed by atoms with E-state index in [-0.39, 0.29) is 12.4 Å². The summed E-state index contributed by atoms with van der Waals surface area (Å²) >= 11 is 1.24. The summed E-state index contributed by atoms with van der Waals surface area (Å²) in [6.07, 6.45) is 1.48. The molecule has 0 aliphatic carbocycles. The summed E-state index contributed by atoms with van der Waals surface area (Å²) in [4.78, 5) is 4.50. The van der Waals surface area contributed by atoms with Crippen molar-refractivity contribution in [1.29, 1.82) is 5.26 Å². The van der Waals surface area contributed by atoms with Gasteiger partial charge in [0.05, 0.1) is 6.20 Å². The molecule has 1 aromatic carbocycles. The van der Waals surface area contributed by atoms with Crippen molar-refractivity contribution in [1.82, 2.24) is 4.98 Å². The molecule has 0 unspecified atom stereocenters. The average molecular weight is 234 g/mol. The minimum absolute atomic E-state index is 0.174. The summed E-state index contributed by atoms with van der Waals surface area (Å²) in [7, 11) is 0. The highest BCUT2D eigenvalue weighted by atomic mass is 32.1. The molecule has 5 heteroatoms. The molecule has 0 amide bonds. The highest BCUT2D eigenvalue weighted by molar-refractivity contribution is 7.12. The molecule has 80 valence electrons. The number of nitriles is 1. The van der Waals surface area contributed by atoms with Crippen LogP contribution >= 0.6 is 11.3 Å². The Morgan fingerprint density at radius 3 is 2.94 bits per heavy atom. The first-order chi connectivity index (χ1) is 7.79. The number of hydrogen-bond donors (Lipinski definition) is 0. The molecule has 0 aliphatic heterocycles. The van der Waals surface area contributed by atoms with Crippen LogP contribution in [0.4, 0.5) is 4.39 Å². The number of aromatic nitrogens is 1. The Labute approximate surface area is 95.8 Å². The first-order valence-corrected chi connectivity index (χ1v) is 5.33. The molecule has 16 heavy (non-hydrogen) atoms. The zero-order valence-electron chi connectivity index (χ0n) is 8.18. The highest BCUT2D eigenvalue weighted by Gasteiger charge is 2.05. The van der Waals surface area contributed by atoms with E-state index in [9.17, 15) is 4.39 Å². The molecular formula is C11H7FN2OS. The Morgan fingerprint density at radius 1 is 1.44 bits per heavy atom. The van der Waals surface area contributed by atoms with Crippen molar-refractivity contribution < 1.29 is 9.13 Å². The third-order valence-corrected chi connectivity index (χ3v) is 2.73. The van der Waals surface area contributed by atoms with Gasteiger partial charge in [-0.2, -0.15) is 5.26 Å². The Morgan fingerprint density at radius 2 is 2.25 bits per heavy atom. The SMILES string of the molecule is N#Cc1cnc(COc2ccccc2F)s1. The van der Waals surface area contributed by atoms with Crippen molar-refractivity contribution in [2.45, 2.75) is 6.61 Å². The van der Waals surface area contributed by atoms with Gasteiger partial charge in [0, 0.05) is 0 Å². The number of ether oxygens (including phenoxy) is 1. The van der Waals surface area contributed by atoms with E-state index < -0.39 is 5.82 Å². The second-order valence-electron chi connectivity index (χ2n) is 2.95. The van der Waals surface area contributed by atoms with Gasteiger partial charge in [-0.05, 0) is 12.1 Å². The average Bonchev–Trinajstić information content (AvgIpc) is 2.76. The van der Waals surface area contributed by atoms with Crippen molar-refractivity contribution in [3.05, 3.63) is 46.2 Å². The van der Waals surface area contributed by atoms with Gasteiger partial charge >= 0.3 is 0 Å². The van der Waals surface area contributed by atoms with E-state index in [1.54, 1.807) is 18.2 Å². The zero-order chi connectivity index (χ0) is 11.4. The van der Waals surface area contributed by atoms with Crippen LogP contribution in [-0.4, -0.2) is 4.98 Å². The maximum Gasteiger partial charge on any atom is 0.165 e. The van der Waals surface area contributed by atoms with E-state index in [4.69, 9.17) is 10.00 Å². The molecule has 1 heterocycles. The van der Waals surface area contributed by atoms with Crippen LogP contribution in [0.3, 0.4) is 0 Å². The molecule has 0 saturated carbocycles. The van der Waals surface area contributed by atoms with Crippen LogP contribution in [0, 0.1) is 17.1 Å². The number of rotatable bonds is 3. The lowest BCUT2D eigenvalue weighted by atomic mass is 10.3. The van der Waals surface area contributed by atoms with Crippen molar-refractivity contribution in [3.63, 3.8) is 0 Å². The maximum atomic E-state index is 13.2. The quantitative estimate of drug-likeness (QED) is 0.820. The van der Waals surface area contributed by atoms with Crippen molar-refractivity contribution in [2.75, 3.05) is 0 Å². The Hall–Kier alpha value is -1.93. The number of hydrogen-bond acceptors (Lipinski definition) is 4. The molecule has 0 N–H and O–H groups in total. The Balaban J connectivity index is 2.03. The third-order valence-electron chi connectivity index (χ3n) is 1.85. The number of halogens is 1. The number of benzene rings is 1. The van der Waals surface area contributed by atoms with E-state index >= 15 is 0 Å². The van der Waals surface area contributed by atoms with Gasteiger partial charge < -0.3 is 4.74 Å². The van der Waals surface area contributed by atoms with Crippen LogP contribution in [0.15, 0.2) is 30.5 Å². The third kappa shape index (κ3) is 2.35. The van der Waals surface area contributed by atoms with Gasteiger partial charge in [0.25, 0.3) is 0 Å². The molecule has 2 rings (SSSR count). The number of thiazole rings is 1. The van der Waals surface area contributed by atoms with Gasteiger partial charge in [-0.1, -0.05) is 12.1 Å². The predicted octanol–water partition coefficient (Wildman–Crippen LogP) is 2.73. The first kappa shape index (κ1) is 10.6. The second-order valence-corrected chi connectivity index (χ2v) is 4.06. The van der Waals surface area contributed by atoms with Crippen molar-refractivity contribution >= 4 is 11.3 Å². The molecule has 0 atom stereocenters. The van der Waals surface area contributed by atoms with Gasteiger partial charge in [-0.25, -0.2) is 9.37 Å². The topological polar surface area (TPSA) is 45.9 Å². The van der Waals surface area contributed by atoms with Gasteiger partial charge in [0.15, 0.2) is 11.6 Å². The zero-order valence-corrected chi connectivity index (χ0v) is 9.00. The summed E-state index contributed by atoms with van der Waals surface area (Å²) in [5.74, 6) is -0.212. The molecule has 0 spiro atoms. The molecule has 0 bridgehead atoms. The smallest absolute Gasteiger partial charge is 0.165 e. The summed E-state index contributed by atoms with van der Waals surface area (Å²) in [6, 6.07) is 8.16. The minimum atomic E-state index is -0.403. The predicted molar refractivity (Wildman–Crippen MR) is 57.6 cm³/mol. The van der Waals surface area contributed by atoms with Crippen molar-refractivity contribution in [2.24, 2.45) is 0 Å². The molecule has 0 fully saturated rings. The van der Waals surface area contributed by atoms with Crippen LogP contribution in [0.2, 0.25) is 0 Å². The highest BCUT2D eigenvalue weighted by Crippen LogP contribution is 2.18.